The van der Waals surface area contributed by atoms with Crippen molar-refractivity contribution >= 4 is 15.7 Å². The van der Waals surface area contributed by atoms with Crippen molar-refractivity contribution in [3.8, 4) is 0 Å². The first-order chi connectivity index (χ1) is 16.7. The predicted octanol–water partition coefficient (Wildman–Crippen LogP) is 4.95. The van der Waals surface area contributed by atoms with E-state index >= 15 is 0 Å². The number of nitrogens with zero attached hydrogens (tertiary/aromatic N) is 1. The average Bonchev–Trinajstić information content (AvgIpc) is 3.26. The van der Waals surface area contributed by atoms with Crippen molar-refractivity contribution in [1.82, 2.24) is 10.2 Å². The highest BCUT2D eigenvalue weighted by Gasteiger charge is 2.35. The zero-order valence-electron chi connectivity index (χ0n) is 23.0. The molecule has 3 rings (SSSR count). The number of benzene rings is 1. The molecule has 0 bridgehead atoms. The molecule has 2 atom stereocenters. The quantitative estimate of drug-likeness (QED) is 0.587. The number of amides is 1. The first kappa shape index (κ1) is 34.4. The minimum atomic E-state index is -4.35. The second-order valence-electron chi connectivity index (χ2n) is 9.55. The summed E-state index contributed by atoms with van der Waals surface area (Å²) in [5.74, 6) is 0.667. The highest BCUT2D eigenvalue weighted by Crippen LogP contribution is 2.33. The third-order valence-electron chi connectivity index (χ3n) is 5.45. The topological polar surface area (TPSA) is 75.7 Å². The van der Waals surface area contributed by atoms with Crippen molar-refractivity contribution in [2.45, 2.75) is 72.1 Å². The van der Waals surface area contributed by atoms with Crippen LogP contribution in [0.2, 0.25) is 0 Å². The minimum Gasteiger partial charge on any atom is -0.388 e. The van der Waals surface area contributed by atoms with Crippen LogP contribution >= 0.6 is 0 Å². The number of ether oxygens (including phenoxy) is 1. The smallest absolute Gasteiger partial charge is 0.388 e. The molecule has 1 amide bonds. The molecule has 1 aromatic rings. The summed E-state index contributed by atoms with van der Waals surface area (Å²) in [5, 5.41) is 3.51. The van der Waals surface area contributed by atoms with E-state index in [1.807, 2.05) is 13.8 Å². The summed E-state index contributed by atoms with van der Waals surface area (Å²) in [6.07, 6.45) is 1.28. The number of carbonyl (C=O) groups excluding carboxylic acids is 1. The summed E-state index contributed by atoms with van der Waals surface area (Å²) in [4.78, 5) is 14.6. The monoisotopic (exact) mass is 538 g/mol. The molecule has 1 heterocycles. The van der Waals surface area contributed by atoms with E-state index < -0.39 is 21.6 Å². The fourth-order valence-electron chi connectivity index (χ4n) is 3.97. The Bertz CT molecular complexity index is 882. The number of halogens is 3. The van der Waals surface area contributed by atoms with E-state index in [1.54, 1.807) is 25.2 Å². The molecule has 1 fully saturated rings. The van der Waals surface area contributed by atoms with E-state index in [1.165, 1.54) is 6.07 Å². The number of nitrogens with one attached hydrogen (secondary N) is 1. The molecule has 1 aliphatic heterocycles. The maximum absolute atomic E-state index is 12.9. The molecule has 0 aromatic heterocycles. The van der Waals surface area contributed by atoms with Crippen LogP contribution in [0.5, 0.6) is 0 Å². The van der Waals surface area contributed by atoms with Crippen molar-refractivity contribution in [2.24, 2.45) is 11.8 Å². The number of rotatable bonds is 4. The number of alkyl halides is 3. The Morgan fingerprint density at radius 3 is 2.19 bits per heavy atom. The maximum Gasteiger partial charge on any atom is 0.416 e. The summed E-state index contributed by atoms with van der Waals surface area (Å²) in [6.45, 7) is 10.1. The summed E-state index contributed by atoms with van der Waals surface area (Å²) < 4.78 is 62.3. The van der Waals surface area contributed by atoms with E-state index in [0.717, 1.165) is 49.9 Å². The summed E-state index contributed by atoms with van der Waals surface area (Å²) in [6, 6.07) is 4.27. The van der Waals surface area contributed by atoms with Crippen LogP contribution in [0.4, 0.5) is 13.2 Å². The third kappa shape index (κ3) is 13.6. The second kappa shape index (κ2) is 16.2. The van der Waals surface area contributed by atoms with Crippen LogP contribution in [-0.4, -0.2) is 65.1 Å². The van der Waals surface area contributed by atoms with Gasteiger partial charge in [0.25, 0.3) is 0 Å². The molecule has 1 saturated carbocycles. The van der Waals surface area contributed by atoms with E-state index in [-0.39, 0.29) is 11.8 Å². The van der Waals surface area contributed by atoms with E-state index in [0.29, 0.717) is 37.0 Å². The van der Waals surface area contributed by atoms with E-state index in [9.17, 15) is 26.4 Å². The van der Waals surface area contributed by atoms with Gasteiger partial charge in [-0.25, -0.2) is 8.42 Å². The van der Waals surface area contributed by atoms with Crippen molar-refractivity contribution in [2.75, 3.05) is 39.8 Å². The lowest BCUT2D eigenvalue weighted by Gasteiger charge is -2.31. The first-order valence-electron chi connectivity index (χ1n) is 12.4. The van der Waals surface area contributed by atoms with Crippen LogP contribution in [0.15, 0.2) is 18.2 Å². The summed E-state index contributed by atoms with van der Waals surface area (Å²) in [7, 11) is 0.583. The molecule has 1 unspecified atom stereocenters. The van der Waals surface area contributed by atoms with Gasteiger partial charge < -0.3 is 15.0 Å². The van der Waals surface area contributed by atoms with Gasteiger partial charge in [0.1, 0.15) is 9.84 Å². The lowest BCUT2D eigenvalue weighted by atomic mass is 9.95. The Hall–Kier alpha value is -1.65. The molecule has 10 heteroatoms. The fraction of sp³-hybridized carbons (Fsp3) is 0.731. The lowest BCUT2D eigenvalue weighted by molar-refractivity contribution is -0.137. The summed E-state index contributed by atoms with van der Waals surface area (Å²) in [5.41, 5.74) is 0.918. The highest BCUT2D eigenvalue weighted by molar-refractivity contribution is 7.89. The molecule has 1 N–H and O–H groups in total. The Labute approximate surface area is 215 Å². The normalized spacial score (nSPS) is 19.2. The number of fused-ring (bicyclic) bond motifs is 1. The zero-order valence-corrected chi connectivity index (χ0v) is 23.9. The van der Waals surface area contributed by atoms with Gasteiger partial charge in [-0.05, 0) is 61.4 Å². The lowest BCUT2D eigenvalue weighted by Crippen LogP contribution is -2.40. The fourth-order valence-corrected chi connectivity index (χ4v) is 3.97. The van der Waals surface area contributed by atoms with Crippen LogP contribution in [0.25, 0.3) is 0 Å². The second-order valence-corrected chi connectivity index (χ2v) is 11.8. The molecule has 6 nitrogen and oxygen atoms in total. The Morgan fingerprint density at radius 2 is 1.69 bits per heavy atom. The Morgan fingerprint density at radius 1 is 1.14 bits per heavy atom. The first-order valence-corrected chi connectivity index (χ1v) is 14.7. The Kier molecular flexibility index (Phi) is 15.5. The number of methoxy groups -OCH3 is 1. The number of carbonyl (C=O) groups is 1. The van der Waals surface area contributed by atoms with Gasteiger partial charge in [-0.1, -0.05) is 33.8 Å². The zero-order chi connectivity index (χ0) is 28.1. The third-order valence-corrected chi connectivity index (χ3v) is 5.45. The van der Waals surface area contributed by atoms with Gasteiger partial charge in [-0.15, -0.1) is 0 Å². The van der Waals surface area contributed by atoms with E-state index in [4.69, 9.17) is 0 Å². The molecule has 36 heavy (non-hydrogen) atoms. The highest BCUT2D eigenvalue weighted by atomic mass is 32.2. The molecule has 2 aliphatic rings. The van der Waals surface area contributed by atoms with Gasteiger partial charge in [0.05, 0.1) is 5.56 Å². The van der Waals surface area contributed by atoms with Gasteiger partial charge in [0.15, 0.2) is 0 Å². The number of hydrogen-bond acceptors (Lipinski definition) is 5. The summed E-state index contributed by atoms with van der Waals surface area (Å²) >= 11 is 0. The van der Waals surface area contributed by atoms with Crippen LogP contribution in [-0.2, 0) is 38.5 Å². The molecule has 0 spiro atoms. The van der Waals surface area contributed by atoms with Gasteiger partial charge in [-0.3, -0.25) is 4.79 Å². The van der Waals surface area contributed by atoms with Crippen LogP contribution in [0, 0.1) is 11.8 Å². The minimum absolute atomic E-state index is 0.00740. The van der Waals surface area contributed by atoms with Crippen LogP contribution in [0.3, 0.4) is 0 Å². The molecular weight excluding hydrogens is 493 g/mol. The van der Waals surface area contributed by atoms with E-state index in [2.05, 4.69) is 23.9 Å². The molecular formula is C26H45F3N2O4S. The van der Waals surface area contributed by atoms with Gasteiger partial charge >= 0.3 is 6.18 Å². The van der Waals surface area contributed by atoms with Gasteiger partial charge in [-0.2, -0.15) is 13.2 Å². The van der Waals surface area contributed by atoms with Crippen molar-refractivity contribution in [3.05, 3.63) is 34.9 Å². The molecule has 1 aliphatic carbocycles. The van der Waals surface area contributed by atoms with Crippen molar-refractivity contribution in [3.63, 3.8) is 0 Å². The van der Waals surface area contributed by atoms with Crippen LogP contribution in [0.1, 0.15) is 63.6 Å². The molecule has 210 valence electrons. The molecule has 1 aromatic carbocycles. The standard InChI is InChI=1S/C20H27F3N2O.C2H6O2S.C2H6O.C2H6/c1-13(2)11-24-18-6-4-15(10-18)19(26)25-8-7-14-3-5-17(20(21,22)23)9-16(14)12-25;1-5(2,3)4;1-3-2;1-2/h3,5,9,13,15,18,24H,4,6-8,10-12H2,1-2H3;1-2H3;1-2H3;1-2H3/t15-,18?;;;/m0.../s1. The van der Waals surface area contributed by atoms with Crippen LogP contribution < -0.4 is 5.32 Å². The van der Waals surface area contributed by atoms with Crippen molar-refractivity contribution in [1.29, 1.82) is 0 Å². The number of hydrogen-bond donors (Lipinski definition) is 1. The SMILES string of the molecule is CC.CC(C)CNC1CC[C@H](C(=O)N2CCc3ccc(C(F)(F)F)cc3C2)C1.COC.CS(C)(=O)=O. The predicted molar refractivity (Wildman–Crippen MR) is 140 cm³/mol. The van der Waals surface area contributed by atoms with Gasteiger partial charge in [0.2, 0.25) is 5.91 Å². The maximum atomic E-state index is 12.9. The van der Waals surface area contributed by atoms with Crippen molar-refractivity contribution < 1.29 is 31.1 Å². The largest absolute Gasteiger partial charge is 0.416 e. The molecule has 0 radical (unpaired) electrons. The Balaban J connectivity index is 0.00000106. The number of sulfone groups is 1. The average molecular weight is 539 g/mol. The van der Waals surface area contributed by atoms with Gasteiger partial charge in [0, 0.05) is 51.8 Å². The molecule has 0 saturated heterocycles.